The zero-order chi connectivity index (χ0) is 13.8. The molecule has 19 heavy (non-hydrogen) atoms. The van der Waals surface area contributed by atoms with Crippen molar-refractivity contribution < 1.29 is 23.7 Å². The van der Waals surface area contributed by atoms with Crippen molar-refractivity contribution >= 4 is 5.97 Å². The summed E-state index contributed by atoms with van der Waals surface area (Å²) in [7, 11) is 0. The summed E-state index contributed by atoms with van der Waals surface area (Å²) in [6.45, 7) is 5.65. The summed E-state index contributed by atoms with van der Waals surface area (Å²) < 4.78 is 21.4. The average Bonchev–Trinajstić information content (AvgIpc) is 2.83. The highest BCUT2D eigenvalue weighted by atomic mass is 16.7. The van der Waals surface area contributed by atoms with Crippen molar-refractivity contribution in [3.8, 4) is 17.2 Å². The Kier molecular flexibility index (Phi) is 4.14. The Morgan fingerprint density at radius 3 is 2.84 bits per heavy atom. The second kappa shape index (κ2) is 5.82. The first-order valence-corrected chi connectivity index (χ1v) is 6.37. The topological polar surface area (TPSA) is 54.0 Å². The van der Waals surface area contributed by atoms with E-state index in [9.17, 15) is 4.79 Å². The van der Waals surface area contributed by atoms with Gasteiger partial charge in [0.1, 0.15) is 0 Å². The van der Waals surface area contributed by atoms with E-state index < -0.39 is 6.10 Å². The zero-order valence-corrected chi connectivity index (χ0v) is 11.3. The third-order valence-corrected chi connectivity index (χ3v) is 2.62. The predicted octanol–water partition coefficient (Wildman–Crippen LogP) is 2.52. The van der Waals surface area contributed by atoms with Crippen LogP contribution in [0.1, 0.15) is 27.2 Å². The van der Waals surface area contributed by atoms with Crippen LogP contribution in [0.25, 0.3) is 0 Å². The van der Waals surface area contributed by atoms with Crippen molar-refractivity contribution in [3.05, 3.63) is 18.2 Å². The molecule has 0 bridgehead atoms. The van der Waals surface area contributed by atoms with Gasteiger partial charge in [0, 0.05) is 0 Å². The number of benzene rings is 1. The molecule has 5 heteroatoms. The van der Waals surface area contributed by atoms with Crippen LogP contribution < -0.4 is 14.2 Å². The molecule has 0 saturated heterocycles. The van der Waals surface area contributed by atoms with Crippen LogP contribution in [0, 0.1) is 0 Å². The van der Waals surface area contributed by atoms with E-state index in [4.69, 9.17) is 18.9 Å². The van der Waals surface area contributed by atoms with Crippen molar-refractivity contribution in [2.45, 2.75) is 39.4 Å². The molecule has 0 spiro atoms. The highest BCUT2D eigenvalue weighted by Gasteiger charge is 2.25. The third-order valence-electron chi connectivity index (χ3n) is 2.62. The lowest BCUT2D eigenvalue weighted by Gasteiger charge is -2.18. The first-order chi connectivity index (χ1) is 9.11. The minimum atomic E-state index is -0.641. The largest absolute Gasteiger partial charge is 0.475 e. The van der Waals surface area contributed by atoms with Gasteiger partial charge in [-0.1, -0.05) is 13.0 Å². The summed E-state index contributed by atoms with van der Waals surface area (Å²) in [6.07, 6.45) is -0.278. The van der Waals surface area contributed by atoms with Crippen molar-refractivity contribution in [2.75, 3.05) is 6.79 Å². The van der Waals surface area contributed by atoms with Crippen LogP contribution in [0.5, 0.6) is 17.2 Å². The van der Waals surface area contributed by atoms with Gasteiger partial charge >= 0.3 is 5.97 Å². The molecule has 0 fully saturated rings. The van der Waals surface area contributed by atoms with E-state index in [-0.39, 0.29) is 18.9 Å². The Balaban J connectivity index is 2.11. The van der Waals surface area contributed by atoms with E-state index in [0.29, 0.717) is 23.7 Å². The SMILES string of the molecule is CCC(Oc1cccc2c1OCO2)C(=O)OC(C)C. The van der Waals surface area contributed by atoms with E-state index in [2.05, 4.69) is 0 Å². The van der Waals surface area contributed by atoms with Crippen LogP contribution in [0.2, 0.25) is 0 Å². The monoisotopic (exact) mass is 266 g/mol. The van der Waals surface area contributed by atoms with Crippen LogP contribution in [-0.2, 0) is 9.53 Å². The molecule has 1 heterocycles. The average molecular weight is 266 g/mol. The number of para-hydroxylation sites is 1. The van der Waals surface area contributed by atoms with E-state index >= 15 is 0 Å². The van der Waals surface area contributed by atoms with Gasteiger partial charge < -0.3 is 18.9 Å². The first-order valence-electron chi connectivity index (χ1n) is 6.37. The van der Waals surface area contributed by atoms with Gasteiger partial charge in [0.2, 0.25) is 12.5 Å². The number of fused-ring (bicyclic) bond motifs is 1. The minimum Gasteiger partial charge on any atom is -0.475 e. The zero-order valence-electron chi connectivity index (χ0n) is 11.3. The first kappa shape index (κ1) is 13.5. The van der Waals surface area contributed by atoms with Crippen LogP contribution in [0.3, 0.4) is 0 Å². The Morgan fingerprint density at radius 2 is 2.16 bits per heavy atom. The minimum absolute atomic E-state index is 0.161. The van der Waals surface area contributed by atoms with E-state index in [1.807, 2.05) is 20.8 Å². The lowest BCUT2D eigenvalue weighted by molar-refractivity contribution is -0.156. The molecule has 0 aromatic heterocycles. The molecule has 0 radical (unpaired) electrons. The predicted molar refractivity (Wildman–Crippen MR) is 68.5 cm³/mol. The Bertz CT molecular complexity index is 455. The van der Waals surface area contributed by atoms with E-state index in [1.54, 1.807) is 18.2 Å². The molecule has 2 rings (SSSR count). The van der Waals surface area contributed by atoms with Gasteiger partial charge in [-0.3, -0.25) is 0 Å². The number of rotatable bonds is 5. The summed E-state index contributed by atoms with van der Waals surface area (Å²) >= 11 is 0. The van der Waals surface area contributed by atoms with Crippen LogP contribution in [-0.4, -0.2) is 25.0 Å². The highest BCUT2D eigenvalue weighted by Crippen LogP contribution is 2.41. The lowest BCUT2D eigenvalue weighted by atomic mass is 10.2. The van der Waals surface area contributed by atoms with Crippen molar-refractivity contribution in [1.82, 2.24) is 0 Å². The maximum absolute atomic E-state index is 11.9. The number of carbonyl (C=O) groups is 1. The molecule has 5 nitrogen and oxygen atoms in total. The van der Waals surface area contributed by atoms with Gasteiger partial charge in [-0.05, 0) is 32.4 Å². The molecule has 0 amide bonds. The van der Waals surface area contributed by atoms with E-state index in [1.165, 1.54) is 0 Å². The maximum atomic E-state index is 11.9. The number of hydrogen-bond donors (Lipinski definition) is 0. The highest BCUT2D eigenvalue weighted by molar-refractivity contribution is 5.75. The van der Waals surface area contributed by atoms with E-state index in [0.717, 1.165) is 0 Å². The van der Waals surface area contributed by atoms with Crippen molar-refractivity contribution in [1.29, 1.82) is 0 Å². The molecule has 104 valence electrons. The third kappa shape index (κ3) is 3.10. The molecule has 1 aromatic rings. The Morgan fingerprint density at radius 1 is 1.37 bits per heavy atom. The van der Waals surface area contributed by atoms with Gasteiger partial charge in [0.15, 0.2) is 17.6 Å². The molecule has 0 saturated carbocycles. The van der Waals surface area contributed by atoms with Crippen LogP contribution >= 0.6 is 0 Å². The molecule has 1 aliphatic heterocycles. The fourth-order valence-corrected chi connectivity index (χ4v) is 1.76. The quantitative estimate of drug-likeness (QED) is 0.766. The van der Waals surface area contributed by atoms with Gasteiger partial charge in [0.05, 0.1) is 6.10 Å². The molecule has 1 aliphatic rings. The Labute approximate surface area is 112 Å². The fraction of sp³-hybridized carbons (Fsp3) is 0.500. The number of hydrogen-bond acceptors (Lipinski definition) is 5. The lowest BCUT2D eigenvalue weighted by Crippen LogP contribution is -2.30. The molecule has 1 unspecified atom stereocenters. The number of ether oxygens (including phenoxy) is 4. The molecule has 0 aliphatic carbocycles. The van der Waals surface area contributed by atoms with Crippen LogP contribution in [0.4, 0.5) is 0 Å². The molecule has 1 aromatic carbocycles. The summed E-state index contributed by atoms with van der Waals surface area (Å²) in [5.41, 5.74) is 0. The summed E-state index contributed by atoms with van der Waals surface area (Å²) in [6, 6.07) is 5.34. The van der Waals surface area contributed by atoms with Crippen molar-refractivity contribution in [2.24, 2.45) is 0 Å². The number of carbonyl (C=O) groups excluding carboxylic acids is 1. The molecular formula is C14H18O5. The fourth-order valence-electron chi connectivity index (χ4n) is 1.76. The standard InChI is InChI=1S/C14H18O5/c1-4-10(14(15)18-9(2)3)19-12-7-5-6-11-13(12)17-8-16-11/h5-7,9-10H,4,8H2,1-3H3. The summed E-state index contributed by atoms with van der Waals surface area (Å²) in [5, 5.41) is 0. The normalized spacial score (nSPS) is 14.3. The van der Waals surface area contributed by atoms with Gasteiger partial charge in [-0.15, -0.1) is 0 Å². The van der Waals surface area contributed by atoms with Gasteiger partial charge in [-0.25, -0.2) is 4.79 Å². The second-order valence-electron chi connectivity index (χ2n) is 4.49. The van der Waals surface area contributed by atoms with Crippen molar-refractivity contribution in [3.63, 3.8) is 0 Å². The Hall–Kier alpha value is -1.91. The summed E-state index contributed by atoms with van der Waals surface area (Å²) in [4.78, 5) is 11.9. The molecule has 1 atom stereocenters. The van der Waals surface area contributed by atoms with Gasteiger partial charge in [0.25, 0.3) is 0 Å². The second-order valence-corrected chi connectivity index (χ2v) is 4.49. The molecular weight excluding hydrogens is 248 g/mol. The van der Waals surface area contributed by atoms with Crippen LogP contribution in [0.15, 0.2) is 18.2 Å². The smallest absolute Gasteiger partial charge is 0.347 e. The maximum Gasteiger partial charge on any atom is 0.347 e. The molecule has 0 N–H and O–H groups in total. The number of esters is 1. The summed E-state index contributed by atoms with van der Waals surface area (Å²) in [5.74, 6) is 1.31. The van der Waals surface area contributed by atoms with Gasteiger partial charge in [-0.2, -0.15) is 0 Å².